The number of rotatable bonds is 3. The molecule has 1 saturated carbocycles. The van der Waals surface area contributed by atoms with Crippen molar-refractivity contribution in [2.75, 3.05) is 5.32 Å². The maximum atomic E-state index is 5.83. The molecule has 0 amide bonds. The second kappa shape index (κ2) is 5.80. The van der Waals surface area contributed by atoms with Crippen LogP contribution in [0.5, 0.6) is 0 Å². The lowest BCUT2D eigenvalue weighted by molar-refractivity contribution is 0.232. The molecule has 4 heteroatoms. The summed E-state index contributed by atoms with van der Waals surface area (Å²) in [6.07, 6.45) is 4.94. The molecule has 0 bridgehead atoms. The summed E-state index contributed by atoms with van der Waals surface area (Å²) in [4.78, 5) is 0.436. The second-order valence-electron chi connectivity index (χ2n) is 6.11. The summed E-state index contributed by atoms with van der Waals surface area (Å²) in [7, 11) is 0. The Bertz CT molecular complexity index is 475. The standard InChI is InChI=1S/C15H21BrN2S/c1-15(2)8-6-10(7-9-15)18-12-5-3-4-11(16)13(12)14(17)19/h3-5,10,18H,6-9H2,1-2H3,(H2,17,19). The van der Waals surface area contributed by atoms with Crippen LogP contribution in [0.1, 0.15) is 45.1 Å². The van der Waals surface area contributed by atoms with Crippen LogP contribution in [0.25, 0.3) is 0 Å². The zero-order valence-electron chi connectivity index (χ0n) is 11.5. The molecule has 1 aromatic carbocycles. The Morgan fingerprint density at radius 1 is 1.37 bits per heavy atom. The molecule has 1 aliphatic rings. The van der Waals surface area contributed by atoms with Gasteiger partial charge in [0.05, 0.1) is 0 Å². The van der Waals surface area contributed by atoms with Gasteiger partial charge in [0.2, 0.25) is 0 Å². The zero-order chi connectivity index (χ0) is 14.0. The lowest BCUT2D eigenvalue weighted by atomic mass is 9.75. The Balaban J connectivity index is 2.12. The van der Waals surface area contributed by atoms with Crippen LogP contribution in [0.15, 0.2) is 22.7 Å². The Morgan fingerprint density at radius 3 is 2.58 bits per heavy atom. The number of hydrogen-bond donors (Lipinski definition) is 2. The van der Waals surface area contributed by atoms with Crippen LogP contribution in [-0.4, -0.2) is 11.0 Å². The SMILES string of the molecule is CC1(C)CCC(Nc2cccc(Br)c2C(N)=S)CC1. The van der Waals surface area contributed by atoms with Crippen LogP contribution in [0, 0.1) is 5.41 Å². The van der Waals surface area contributed by atoms with Crippen molar-refractivity contribution in [3.8, 4) is 0 Å². The fourth-order valence-electron chi connectivity index (χ4n) is 2.66. The molecule has 0 radical (unpaired) electrons. The van der Waals surface area contributed by atoms with Crippen molar-refractivity contribution < 1.29 is 0 Å². The second-order valence-corrected chi connectivity index (χ2v) is 7.40. The summed E-state index contributed by atoms with van der Waals surface area (Å²) in [6, 6.07) is 6.57. The minimum Gasteiger partial charge on any atom is -0.389 e. The van der Waals surface area contributed by atoms with Crippen LogP contribution in [0.2, 0.25) is 0 Å². The van der Waals surface area contributed by atoms with Crippen molar-refractivity contribution in [1.82, 2.24) is 0 Å². The van der Waals surface area contributed by atoms with Gasteiger partial charge < -0.3 is 11.1 Å². The summed E-state index contributed by atoms with van der Waals surface area (Å²) in [5.74, 6) is 0. The molecular weight excluding hydrogens is 320 g/mol. The first kappa shape index (κ1) is 14.8. The van der Waals surface area contributed by atoms with Gasteiger partial charge in [-0.05, 0) is 59.2 Å². The first-order valence-corrected chi connectivity index (χ1v) is 7.94. The molecular formula is C15H21BrN2S. The summed E-state index contributed by atoms with van der Waals surface area (Å²) < 4.78 is 0.959. The van der Waals surface area contributed by atoms with Crippen LogP contribution in [0.4, 0.5) is 5.69 Å². The molecule has 1 aromatic rings. The number of anilines is 1. The van der Waals surface area contributed by atoms with E-state index in [9.17, 15) is 0 Å². The fraction of sp³-hybridized carbons (Fsp3) is 0.533. The van der Waals surface area contributed by atoms with Gasteiger partial charge >= 0.3 is 0 Å². The van der Waals surface area contributed by atoms with Crippen molar-refractivity contribution in [2.45, 2.75) is 45.6 Å². The highest BCUT2D eigenvalue weighted by atomic mass is 79.9. The lowest BCUT2D eigenvalue weighted by Gasteiger charge is -2.35. The Kier molecular flexibility index (Phi) is 4.51. The van der Waals surface area contributed by atoms with Crippen molar-refractivity contribution >= 4 is 38.8 Å². The lowest BCUT2D eigenvalue weighted by Crippen LogP contribution is -2.30. The first-order chi connectivity index (χ1) is 8.89. The molecule has 0 heterocycles. The molecule has 104 valence electrons. The molecule has 2 rings (SSSR count). The average Bonchev–Trinajstić information content (AvgIpc) is 2.31. The quantitative estimate of drug-likeness (QED) is 0.797. The minimum absolute atomic E-state index is 0.436. The van der Waals surface area contributed by atoms with Crippen LogP contribution < -0.4 is 11.1 Å². The number of hydrogen-bond acceptors (Lipinski definition) is 2. The third-order valence-electron chi connectivity index (χ3n) is 3.96. The van der Waals surface area contributed by atoms with Gasteiger partial charge in [0.15, 0.2) is 0 Å². The zero-order valence-corrected chi connectivity index (χ0v) is 13.9. The van der Waals surface area contributed by atoms with E-state index >= 15 is 0 Å². The molecule has 0 unspecified atom stereocenters. The van der Waals surface area contributed by atoms with Gasteiger partial charge in [-0.2, -0.15) is 0 Å². The van der Waals surface area contributed by atoms with Crippen molar-refractivity contribution in [1.29, 1.82) is 0 Å². The average molecular weight is 341 g/mol. The van der Waals surface area contributed by atoms with Gasteiger partial charge in [-0.3, -0.25) is 0 Å². The summed E-state index contributed by atoms with van der Waals surface area (Å²) >= 11 is 8.67. The Hall–Kier alpha value is -0.610. The molecule has 1 fully saturated rings. The third-order valence-corrected chi connectivity index (χ3v) is 4.82. The van der Waals surface area contributed by atoms with Crippen LogP contribution in [-0.2, 0) is 0 Å². The molecule has 1 aliphatic carbocycles. The minimum atomic E-state index is 0.436. The number of benzene rings is 1. The predicted molar refractivity (Wildman–Crippen MR) is 89.7 cm³/mol. The molecule has 0 spiro atoms. The Labute approximate surface area is 129 Å². The fourth-order valence-corrected chi connectivity index (χ4v) is 3.59. The van der Waals surface area contributed by atoms with E-state index in [-0.39, 0.29) is 0 Å². The molecule has 0 atom stereocenters. The van der Waals surface area contributed by atoms with Crippen molar-refractivity contribution in [2.24, 2.45) is 11.1 Å². The summed E-state index contributed by atoms with van der Waals surface area (Å²) in [5.41, 5.74) is 8.28. The molecule has 3 N–H and O–H groups in total. The van der Waals surface area contributed by atoms with Gasteiger partial charge in [-0.15, -0.1) is 0 Å². The topological polar surface area (TPSA) is 38.0 Å². The number of nitrogens with one attached hydrogen (secondary N) is 1. The van der Waals surface area contributed by atoms with E-state index in [1.54, 1.807) is 0 Å². The molecule has 0 saturated heterocycles. The summed E-state index contributed by atoms with van der Waals surface area (Å²) in [6.45, 7) is 4.70. The maximum absolute atomic E-state index is 5.83. The number of halogens is 1. The van der Waals surface area contributed by atoms with E-state index in [1.807, 2.05) is 12.1 Å². The van der Waals surface area contributed by atoms with Gasteiger partial charge in [-0.1, -0.05) is 32.1 Å². The van der Waals surface area contributed by atoms with E-state index in [0.29, 0.717) is 16.4 Å². The van der Waals surface area contributed by atoms with E-state index < -0.39 is 0 Å². The highest BCUT2D eigenvalue weighted by Gasteiger charge is 2.27. The van der Waals surface area contributed by atoms with Gasteiger partial charge in [0.1, 0.15) is 4.99 Å². The predicted octanol–water partition coefficient (Wildman–Crippen LogP) is 4.46. The maximum Gasteiger partial charge on any atom is 0.107 e. The largest absolute Gasteiger partial charge is 0.389 e. The smallest absolute Gasteiger partial charge is 0.107 e. The van der Waals surface area contributed by atoms with E-state index in [4.69, 9.17) is 18.0 Å². The van der Waals surface area contributed by atoms with Crippen molar-refractivity contribution in [3.05, 3.63) is 28.2 Å². The number of nitrogens with two attached hydrogens (primary N) is 1. The molecule has 0 aliphatic heterocycles. The first-order valence-electron chi connectivity index (χ1n) is 6.74. The normalized spacial score (nSPS) is 19.1. The molecule has 2 nitrogen and oxygen atoms in total. The molecule has 0 aromatic heterocycles. The van der Waals surface area contributed by atoms with Gasteiger partial charge in [-0.25, -0.2) is 0 Å². The van der Waals surface area contributed by atoms with E-state index in [2.05, 4.69) is 41.2 Å². The third kappa shape index (κ3) is 3.69. The van der Waals surface area contributed by atoms with Gasteiger partial charge in [0.25, 0.3) is 0 Å². The highest BCUT2D eigenvalue weighted by Crippen LogP contribution is 2.36. The summed E-state index contributed by atoms with van der Waals surface area (Å²) in [5, 5.41) is 3.61. The van der Waals surface area contributed by atoms with E-state index in [0.717, 1.165) is 15.7 Å². The van der Waals surface area contributed by atoms with Gasteiger partial charge in [0, 0.05) is 21.8 Å². The van der Waals surface area contributed by atoms with E-state index in [1.165, 1.54) is 25.7 Å². The van der Waals surface area contributed by atoms with Crippen LogP contribution in [0.3, 0.4) is 0 Å². The Morgan fingerprint density at radius 2 is 2.00 bits per heavy atom. The van der Waals surface area contributed by atoms with Crippen molar-refractivity contribution in [3.63, 3.8) is 0 Å². The highest BCUT2D eigenvalue weighted by molar-refractivity contribution is 9.10. The number of thiocarbonyl (C=S) groups is 1. The molecule has 19 heavy (non-hydrogen) atoms. The monoisotopic (exact) mass is 340 g/mol. The van der Waals surface area contributed by atoms with Crippen LogP contribution >= 0.6 is 28.1 Å².